The first-order valence-electron chi connectivity index (χ1n) is 7.46. The second kappa shape index (κ2) is 7.22. The topological polar surface area (TPSA) is 36.7 Å². The molecule has 0 bridgehead atoms. The Morgan fingerprint density at radius 1 is 1.05 bits per heavy atom. The number of rotatable bonds is 5. The van der Waals surface area contributed by atoms with Crippen LogP contribution in [-0.4, -0.2) is 48.3 Å². The molecule has 1 aromatic carbocycles. The van der Waals surface area contributed by atoms with Crippen LogP contribution in [0.4, 0.5) is 0 Å². The summed E-state index contributed by atoms with van der Waals surface area (Å²) in [6, 6.07) is 11.9. The largest absolute Gasteiger partial charge is 0.461 e. The summed E-state index contributed by atoms with van der Waals surface area (Å²) in [4.78, 5) is 16.7. The highest BCUT2D eigenvalue weighted by atomic mass is 79.9. The Bertz CT molecular complexity index is 602. The molecule has 1 aliphatic heterocycles. The molecule has 0 N–H and O–H groups in total. The van der Waals surface area contributed by atoms with Crippen LogP contribution in [0.3, 0.4) is 0 Å². The third-order valence-corrected chi connectivity index (χ3v) is 4.48. The Morgan fingerprint density at radius 2 is 1.73 bits per heavy atom. The van der Waals surface area contributed by atoms with Crippen molar-refractivity contribution in [1.82, 2.24) is 9.80 Å². The van der Waals surface area contributed by atoms with Crippen LogP contribution >= 0.6 is 15.9 Å². The molecule has 2 aromatic rings. The average molecular weight is 363 g/mol. The molecule has 1 aromatic heterocycles. The lowest BCUT2D eigenvalue weighted by molar-refractivity contribution is 0.0819. The third kappa shape index (κ3) is 4.06. The molecular formula is C17H19BrN2O2. The second-order valence-electron chi connectivity index (χ2n) is 5.58. The first kappa shape index (κ1) is 15.5. The molecule has 0 radical (unpaired) electrons. The van der Waals surface area contributed by atoms with E-state index in [1.54, 1.807) is 18.4 Å². The predicted molar refractivity (Wildman–Crippen MR) is 88.9 cm³/mol. The molecular weight excluding hydrogens is 344 g/mol. The molecule has 116 valence electrons. The van der Waals surface area contributed by atoms with Crippen molar-refractivity contribution >= 4 is 21.7 Å². The van der Waals surface area contributed by atoms with Gasteiger partial charge < -0.3 is 4.42 Å². The van der Waals surface area contributed by atoms with Crippen molar-refractivity contribution in [2.24, 2.45) is 0 Å². The number of piperazine rings is 1. The van der Waals surface area contributed by atoms with Gasteiger partial charge in [0, 0.05) is 37.2 Å². The van der Waals surface area contributed by atoms with Gasteiger partial charge in [0.1, 0.15) is 0 Å². The number of hydrogen-bond acceptors (Lipinski definition) is 4. The van der Waals surface area contributed by atoms with Crippen molar-refractivity contribution in [3.63, 3.8) is 0 Å². The molecule has 1 aliphatic rings. The molecule has 0 unspecified atom stereocenters. The van der Waals surface area contributed by atoms with Crippen LogP contribution in [0.15, 0.2) is 51.6 Å². The van der Waals surface area contributed by atoms with Gasteiger partial charge in [-0.3, -0.25) is 14.6 Å². The highest BCUT2D eigenvalue weighted by Crippen LogP contribution is 2.13. The summed E-state index contributed by atoms with van der Waals surface area (Å²) in [5, 5.41) is 0. The molecule has 1 fully saturated rings. The van der Waals surface area contributed by atoms with Crippen LogP contribution in [0.5, 0.6) is 0 Å². The van der Waals surface area contributed by atoms with Crippen LogP contribution in [0.25, 0.3) is 0 Å². The zero-order chi connectivity index (χ0) is 15.4. The minimum absolute atomic E-state index is 0.0614. The fourth-order valence-corrected chi connectivity index (χ4v) is 2.94. The van der Waals surface area contributed by atoms with Crippen molar-refractivity contribution in [2.45, 2.75) is 6.54 Å². The van der Waals surface area contributed by atoms with E-state index < -0.39 is 0 Å². The molecule has 0 spiro atoms. The summed E-state index contributed by atoms with van der Waals surface area (Å²) in [6.07, 6.45) is 1.55. The zero-order valence-corrected chi connectivity index (χ0v) is 14.0. The minimum Gasteiger partial charge on any atom is -0.461 e. The smallest absolute Gasteiger partial charge is 0.211 e. The fraction of sp³-hybridized carbons (Fsp3) is 0.353. The van der Waals surface area contributed by atoms with Crippen LogP contribution in [-0.2, 0) is 6.54 Å². The van der Waals surface area contributed by atoms with Gasteiger partial charge in [0.05, 0.1) is 12.8 Å². The van der Waals surface area contributed by atoms with Gasteiger partial charge in [-0.25, -0.2) is 0 Å². The van der Waals surface area contributed by atoms with Crippen molar-refractivity contribution in [3.05, 3.63) is 58.5 Å². The molecule has 5 heteroatoms. The van der Waals surface area contributed by atoms with E-state index in [9.17, 15) is 4.79 Å². The van der Waals surface area contributed by atoms with E-state index in [-0.39, 0.29) is 5.78 Å². The number of benzene rings is 1. The number of carbonyl (C=O) groups is 1. The van der Waals surface area contributed by atoms with E-state index in [1.807, 2.05) is 0 Å². The SMILES string of the molecule is O=C(CN1CCN(Cc2ccc(Br)cc2)CC1)c1ccco1. The van der Waals surface area contributed by atoms with E-state index in [2.05, 4.69) is 50.0 Å². The van der Waals surface area contributed by atoms with Crippen LogP contribution in [0, 0.1) is 0 Å². The van der Waals surface area contributed by atoms with Gasteiger partial charge in [-0.15, -0.1) is 0 Å². The molecule has 0 aliphatic carbocycles. The first-order chi connectivity index (χ1) is 10.7. The van der Waals surface area contributed by atoms with Gasteiger partial charge in [-0.05, 0) is 29.8 Å². The summed E-state index contributed by atoms with van der Waals surface area (Å²) >= 11 is 3.46. The third-order valence-electron chi connectivity index (χ3n) is 3.95. The minimum atomic E-state index is 0.0614. The predicted octanol–water partition coefficient (Wildman–Crippen LogP) is 3.04. The summed E-state index contributed by atoms with van der Waals surface area (Å²) < 4.78 is 6.26. The highest BCUT2D eigenvalue weighted by molar-refractivity contribution is 9.10. The molecule has 1 saturated heterocycles. The monoisotopic (exact) mass is 362 g/mol. The van der Waals surface area contributed by atoms with Crippen molar-refractivity contribution in [1.29, 1.82) is 0 Å². The normalized spacial score (nSPS) is 16.8. The standard InChI is InChI=1S/C17H19BrN2O2/c18-15-5-3-14(4-6-15)12-19-7-9-20(10-8-19)13-16(21)17-2-1-11-22-17/h1-6,11H,7-10,12-13H2. The Balaban J connectivity index is 1.46. The van der Waals surface area contributed by atoms with Crippen LogP contribution in [0.1, 0.15) is 16.1 Å². The fourth-order valence-electron chi connectivity index (χ4n) is 2.67. The maximum atomic E-state index is 12.0. The Labute approximate surface area is 138 Å². The molecule has 0 saturated carbocycles. The maximum Gasteiger partial charge on any atom is 0.211 e. The molecule has 2 heterocycles. The summed E-state index contributed by atoms with van der Waals surface area (Å²) in [6.45, 7) is 5.22. The van der Waals surface area contributed by atoms with E-state index >= 15 is 0 Å². The number of nitrogens with zero attached hydrogens (tertiary/aromatic N) is 2. The summed E-state index contributed by atoms with van der Waals surface area (Å²) in [5.74, 6) is 0.517. The lowest BCUT2D eigenvalue weighted by Crippen LogP contribution is -2.47. The Kier molecular flexibility index (Phi) is 5.08. The maximum absolute atomic E-state index is 12.0. The quantitative estimate of drug-likeness (QED) is 0.766. The Hall–Kier alpha value is -1.43. The summed E-state index contributed by atoms with van der Waals surface area (Å²) in [5.41, 5.74) is 1.32. The van der Waals surface area contributed by atoms with E-state index in [0.717, 1.165) is 37.2 Å². The van der Waals surface area contributed by atoms with Gasteiger partial charge in [-0.2, -0.15) is 0 Å². The lowest BCUT2D eigenvalue weighted by Gasteiger charge is -2.34. The molecule has 22 heavy (non-hydrogen) atoms. The number of carbonyl (C=O) groups excluding carboxylic acids is 1. The van der Waals surface area contributed by atoms with Crippen LogP contribution < -0.4 is 0 Å². The van der Waals surface area contributed by atoms with Crippen LogP contribution in [0.2, 0.25) is 0 Å². The molecule has 0 amide bonds. The first-order valence-corrected chi connectivity index (χ1v) is 8.26. The van der Waals surface area contributed by atoms with E-state index in [0.29, 0.717) is 12.3 Å². The van der Waals surface area contributed by atoms with Gasteiger partial charge in [0.25, 0.3) is 0 Å². The molecule has 4 nitrogen and oxygen atoms in total. The number of ketones is 1. The Morgan fingerprint density at radius 3 is 2.36 bits per heavy atom. The average Bonchev–Trinajstić information content (AvgIpc) is 3.06. The van der Waals surface area contributed by atoms with E-state index in [1.165, 1.54) is 5.56 Å². The van der Waals surface area contributed by atoms with Gasteiger partial charge in [0.2, 0.25) is 5.78 Å². The van der Waals surface area contributed by atoms with Crippen molar-refractivity contribution < 1.29 is 9.21 Å². The number of Topliss-reactive ketones (excluding diaryl/α,β-unsaturated/α-hetero) is 1. The van der Waals surface area contributed by atoms with Gasteiger partial charge >= 0.3 is 0 Å². The van der Waals surface area contributed by atoms with Crippen molar-refractivity contribution in [2.75, 3.05) is 32.7 Å². The number of furan rings is 1. The number of halogens is 1. The van der Waals surface area contributed by atoms with E-state index in [4.69, 9.17) is 4.42 Å². The highest BCUT2D eigenvalue weighted by Gasteiger charge is 2.20. The summed E-state index contributed by atoms with van der Waals surface area (Å²) in [7, 11) is 0. The number of hydrogen-bond donors (Lipinski definition) is 0. The molecule has 0 atom stereocenters. The second-order valence-corrected chi connectivity index (χ2v) is 6.49. The van der Waals surface area contributed by atoms with Crippen molar-refractivity contribution in [3.8, 4) is 0 Å². The van der Waals surface area contributed by atoms with Gasteiger partial charge in [-0.1, -0.05) is 28.1 Å². The lowest BCUT2D eigenvalue weighted by atomic mass is 10.2. The molecule has 3 rings (SSSR count). The zero-order valence-electron chi connectivity index (χ0n) is 12.4. The van der Waals surface area contributed by atoms with Gasteiger partial charge in [0.15, 0.2) is 5.76 Å².